The number of fused-ring (bicyclic) bond motifs is 1. The van der Waals surface area contributed by atoms with Crippen LogP contribution in [0.25, 0.3) is 10.9 Å². The van der Waals surface area contributed by atoms with Crippen LogP contribution in [0.15, 0.2) is 43.0 Å². The quantitative estimate of drug-likeness (QED) is 0.557. The number of allylic oxidation sites excluding steroid dienone is 1. The van der Waals surface area contributed by atoms with E-state index >= 15 is 0 Å². The molecule has 4 rings (SSSR count). The zero-order valence-electron chi connectivity index (χ0n) is 19.7. The van der Waals surface area contributed by atoms with Gasteiger partial charge in [-0.15, -0.1) is 6.58 Å². The van der Waals surface area contributed by atoms with Crippen molar-refractivity contribution >= 4 is 22.5 Å². The molecule has 2 N–H and O–H groups in total. The number of anilines is 1. The van der Waals surface area contributed by atoms with Crippen LogP contribution in [0.3, 0.4) is 0 Å². The van der Waals surface area contributed by atoms with Crippen LogP contribution in [-0.2, 0) is 13.1 Å². The summed E-state index contributed by atoms with van der Waals surface area (Å²) < 4.78 is 2.30. The molecule has 0 bridgehead atoms. The fourth-order valence-corrected chi connectivity index (χ4v) is 4.75. The lowest BCUT2D eigenvalue weighted by atomic mass is 10.0. The van der Waals surface area contributed by atoms with E-state index < -0.39 is 0 Å². The van der Waals surface area contributed by atoms with Gasteiger partial charge in [0.2, 0.25) is 0 Å². The number of nitrogens with zero attached hydrogens (tertiary/aromatic N) is 2. The Morgan fingerprint density at radius 1 is 1.12 bits per heavy atom. The van der Waals surface area contributed by atoms with E-state index in [0.29, 0.717) is 0 Å². The second kappa shape index (κ2) is 9.21. The van der Waals surface area contributed by atoms with Crippen LogP contribution in [0.5, 0.6) is 0 Å². The predicted octanol–water partition coefficient (Wildman–Crippen LogP) is 4.72. The van der Waals surface area contributed by atoms with Crippen LogP contribution in [0.4, 0.5) is 5.69 Å². The summed E-state index contributed by atoms with van der Waals surface area (Å²) in [6, 6.07) is 10.5. The van der Waals surface area contributed by atoms with Crippen molar-refractivity contribution in [3.63, 3.8) is 0 Å². The van der Waals surface area contributed by atoms with Gasteiger partial charge in [0.05, 0.1) is 11.2 Å². The van der Waals surface area contributed by atoms with E-state index in [-0.39, 0.29) is 5.91 Å². The molecule has 0 saturated carbocycles. The molecule has 1 aliphatic rings. The fraction of sp³-hybridized carbons (Fsp3) is 0.370. The molecule has 2 aromatic carbocycles. The van der Waals surface area contributed by atoms with Crippen molar-refractivity contribution in [1.29, 1.82) is 0 Å². The maximum atomic E-state index is 13.4. The molecule has 2 heterocycles. The van der Waals surface area contributed by atoms with Crippen LogP contribution in [0, 0.1) is 27.7 Å². The van der Waals surface area contributed by atoms with Crippen molar-refractivity contribution in [2.24, 2.45) is 0 Å². The van der Waals surface area contributed by atoms with Crippen molar-refractivity contribution < 1.29 is 4.79 Å². The van der Waals surface area contributed by atoms with Gasteiger partial charge in [0, 0.05) is 55.9 Å². The molecule has 5 nitrogen and oxygen atoms in total. The van der Waals surface area contributed by atoms with E-state index in [1.54, 1.807) is 0 Å². The summed E-state index contributed by atoms with van der Waals surface area (Å²) in [7, 11) is 0. The van der Waals surface area contributed by atoms with Gasteiger partial charge in [-0.25, -0.2) is 0 Å². The number of amides is 1. The molecule has 1 aliphatic heterocycles. The van der Waals surface area contributed by atoms with Gasteiger partial charge in [0.15, 0.2) is 0 Å². The van der Waals surface area contributed by atoms with E-state index in [1.807, 2.05) is 17.0 Å². The molecule has 1 fully saturated rings. The number of aryl methyl sites for hydroxylation is 3. The van der Waals surface area contributed by atoms with Crippen LogP contribution in [-0.4, -0.2) is 41.6 Å². The summed E-state index contributed by atoms with van der Waals surface area (Å²) in [5, 5.41) is 8.14. The number of nitrogens with one attached hydrogen (secondary N) is 2. The van der Waals surface area contributed by atoms with Crippen molar-refractivity contribution in [3.8, 4) is 0 Å². The van der Waals surface area contributed by atoms with E-state index in [9.17, 15) is 4.79 Å². The predicted molar refractivity (Wildman–Crippen MR) is 134 cm³/mol. The number of benzene rings is 2. The average Bonchev–Trinajstić information content (AvgIpc) is 3.04. The summed E-state index contributed by atoms with van der Waals surface area (Å²) in [4.78, 5) is 15.3. The third-order valence-electron chi connectivity index (χ3n) is 6.79. The Bertz CT molecular complexity index is 1150. The second-order valence-corrected chi connectivity index (χ2v) is 8.80. The summed E-state index contributed by atoms with van der Waals surface area (Å²) in [6.45, 7) is 17.2. The Balaban J connectivity index is 1.81. The molecule has 1 saturated heterocycles. The van der Waals surface area contributed by atoms with E-state index in [0.717, 1.165) is 61.4 Å². The van der Waals surface area contributed by atoms with Gasteiger partial charge in [-0.2, -0.15) is 0 Å². The molecule has 0 spiro atoms. The van der Waals surface area contributed by atoms with Gasteiger partial charge >= 0.3 is 0 Å². The van der Waals surface area contributed by atoms with Crippen LogP contribution in [0.1, 0.15) is 38.3 Å². The van der Waals surface area contributed by atoms with Crippen molar-refractivity contribution in [2.45, 2.75) is 40.8 Å². The van der Waals surface area contributed by atoms with Crippen LogP contribution >= 0.6 is 0 Å². The highest BCUT2D eigenvalue weighted by Gasteiger charge is 2.22. The fourth-order valence-electron chi connectivity index (χ4n) is 4.75. The lowest BCUT2D eigenvalue weighted by molar-refractivity contribution is 0.0736. The molecule has 0 atom stereocenters. The number of piperazine rings is 1. The Morgan fingerprint density at radius 3 is 2.47 bits per heavy atom. The number of hydrogen-bond acceptors (Lipinski definition) is 3. The van der Waals surface area contributed by atoms with Gasteiger partial charge in [-0.1, -0.05) is 24.3 Å². The Labute approximate surface area is 191 Å². The first-order chi connectivity index (χ1) is 15.4. The SMILES string of the molecule is C=CCn1c(C)c(C)c2cc(C(=O)N3CCNCC3)cc(NCc3c(C)cccc3C)c21. The average molecular weight is 431 g/mol. The third-order valence-corrected chi connectivity index (χ3v) is 6.79. The molecular weight excluding hydrogens is 396 g/mol. The molecule has 0 aliphatic carbocycles. The lowest BCUT2D eigenvalue weighted by Crippen LogP contribution is -2.46. The topological polar surface area (TPSA) is 49.3 Å². The number of hydrogen-bond donors (Lipinski definition) is 2. The zero-order valence-corrected chi connectivity index (χ0v) is 19.7. The largest absolute Gasteiger partial charge is 0.379 e. The molecule has 1 amide bonds. The molecule has 0 unspecified atom stereocenters. The van der Waals surface area contributed by atoms with E-state index in [4.69, 9.17) is 0 Å². The normalized spacial score (nSPS) is 14.1. The standard InChI is InChI=1S/C27H34N4O/c1-6-12-31-21(5)20(4)23-15-22(27(32)30-13-10-28-11-14-30)16-25(26(23)31)29-17-24-18(2)8-7-9-19(24)3/h6-9,15-16,28-29H,1,10-14,17H2,2-5H3. The smallest absolute Gasteiger partial charge is 0.254 e. The van der Waals surface area contributed by atoms with Crippen LogP contribution in [0.2, 0.25) is 0 Å². The number of carbonyl (C=O) groups is 1. The summed E-state index contributed by atoms with van der Waals surface area (Å²) in [5.74, 6) is 0.108. The molecular formula is C27H34N4O. The highest BCUT2D eigenvalue weighted by molar-refractivity contribution is 6.04. The minimum Gasteiger partial charge on any atom is -0.379 e. The molecule has 0 radical (unpaired) electrons. The monoisotopic (exact) mass is 430 g/mol. The molecule has 168 valence electrons. The summed E-state index contributed by atoms with van der Waals surface area (Å²) in [5.41, 5.74) is 9.17. The van der Waals surface area contributed by atoms with Gasteiger partial charge in [0.1, 0.15) is 0 Å². The Morgan fingerprint density at radius 2 is 1.81 bits per heavy atom. The first-order valence-electron chi connectivity index (χ1n) is 11.5. The van der Waals surface area contributed by atoms with E-state index in [2.05, 4.69) is 73.7 Å². The molecule has 3 aromatic rings. The Hall–Kier alpha value is -3.05. The number of aromatic nitrogens is 1. The number of rotatable bonds is 6. The van der Waals surface area contributed by atoms with Crippen molar-refractivity contribution in [3.05, 3.63) is 76.5 Å². The van der Waals surface area contributed by atoms with Gasteiger partial charge in [-0.05, 0) is 62.1 Å². The first-order valence-corrected chi connectivity index (χ1v) is 11.5. The molecule has 1 aromatic heterocycles. The maximum Gasteiger partial charge on any atom is 0.254 e. The van der Waals surface area contributed by atoms with Crippen molar-refractivity contribution in [1.82, 2.24) is 14.8 Å². The highest BCUT2D eigenvalue weighted by Crippen LogP contribution is 2.34. The summed E-state index contributed by atoms with van der Waals surface area (Å²) in [6.07, 6.45) is 1.93. The molecule has 32 heavy (non-hydrogen) atoms. The first kappa shape index (κ1) is 22.2. The van der Waals surface area contributed by atoms with E-state index in [1.165, 1.54) is 27.9 Å². The highest BCUT2D eigenvalue weighted by atomic mass is 16.2. The number of carbonyl (C=O) groups excluding carboxylic acids is 1. The van der Waals surface area contributed by atoms with Gasteiger partial charge < -0.3 is 20.1 Å². The zero-order chi connectivity index (χ0) is 22.8. The third kappa shape index (κ3) is 4.05. The molecule has 5 heteroatoms. The Kier molecular flexibility index (Phi) is 6.38. The lowest BCUT2D eigenvalue weighted by Gasteiger charge is -2.27. The summed E-state index contributed by atoms with van der Waals surface area (Å²) >= 11 is 0. The van der Waals surface area contributed by atoms with Gasteiger partial charge in [-0.3, -0.25) is 4.79 Å². The van der Waals surface area contributed by atoms with Crippen molar-refractivity contribution in [2.75, 3.05) is 31.5 Å². The second-order valence-electron chi connectivity index (χ2n) is 8.80. The maximum absolute atomic E-state index is 13.4. The minimum absolute atomic E-state index is 0.108. The van der Waals surface area contributed by atoms with Gasteiger partial charge in [0.25, 0.3) is 5.91 Å². The van der Waals surface area contributed by atoms with Crippen LogP contribution < -0.4 is 10.6 Å². The minimum atomic E-state index is 0.108.